The van der Waals surface area contributed by atoms with E-state index in [2.05, 4.69) is 15.9 Å². The maximum absolute atomic E-state index is 12.0. The molecule has 0 spiro atoms. The normalized spacial score (nSPS) is 14.7. The highest BCUT2D eigenvalue weighted by Crippen LogP contribution is 2.24. The molecular formula is C11H12BrNO2. The standard InChI is InChI=1S/C11H12BrNO2/c12-6-3-7-13-8-15-10-5-2-1-4-9(10)11(13)14/h1-2,4-5H,3,6-8H2. The Kier molecular flexibility index (Phi) is 3.26. The van der Waals surface area contributed by atoms with Crippen molar-refractivity contribution in [1.82, 2.24) is 4.90 Å². The summed E-state index contributed by atoms with van der Waals surface area (Å²) in [6.07, 6.45) is 0.942. The maximum Gasteiger partial charge on any atom is 0.260 e. The molecule has 0 atom stereocenters. The maximum atomic E-state index is 12.0. The van der Waals surface area contributed by atoms with Gasteiger partial charge in [0.1, 0.15) is 5.75 Å². The highest BCUT2D eigenvalue weighted by atomic mass is 79.9. The molecule has 0 N–H and O–H groups in total. The molecule has 1 aliphatic rings. The predicted molar refractivity (Wildman–Crippen MR) is 61.4 cm³/mol. The van der Waals surface area contributed by atoms with Crippen LogP contribution in [0.1, 0.15) is 16.8 Å². The first kappa shape index (κ1) is 10.5. The minimum atomic E-state index is 0.0674. The van der Waals surface area contributed by atoms with Crippen LogP contribution in [-0.4, -0.2) is 29.4 Å². The molecule has 0 bridgehead atoms. The van der Waals surface area contributed by atoms with E-state index in [1.165, 1.54) is 0 Å². The quantitative estimate of drug-likeness (QED) is 0.788. The zero-order valence-corrected chi connectivity index (χ0v) is 9.87. The molecule has 1 aromatic carbocycles. The topological polar surface area (TPSA) is 29.5 Å². The van der Waals surface area contributed by atoms with Gasteiger partial charge in [0.15, 0.2) is 6.73 Å². The minimum Gasteiger partial charge on any atom is -0.472 e. The zero-order valence-electron chi connectivity index (χ0n) is 8.28. The third-order valence-corrected chi connectivity index (χ3v) is 2.90. The fourth-order valence-electron chi connectivity index (χ4n) is 1.56. The van der Waals surface area contributed by atoms with Crippen LogP contribution in [-0.2, 0) is 0 Å². The number of ether oxygens (including phenoxy) is 1. The average Bonchev–Trinajstić information content (AvgIpc) is 2.29. The van der Waals surface area contributed by atoms with Gasteiger partial charge in [0.2, 0.25) is 0 Å². The number of hydrogen-bond acceptors (Lipinski definition) is 2. The van der Waals surface area contributed by atoms with Crippen molar-refractivity contribution in [2.24, 2.45) is 0 Å². The van der Waals surface area contributed by atoms with E-state index in [4.69, 9.17) is 4.74 Å². The second kappa shape index (κ2) is 4.66. The second-order valence-electron chi connectivity index (χ2n) is 3.38. The summed E-state index contributed by atoms with van der Waals surface area (Å²) in [5.41, 5.74) is 0.665. The number of carbonyl (C=O) groups is 1. The Morgan fingerprint density at radius 1 is 1.40 bits per heavy atom. The van der Waals surface area contributed by atoms with Crippen LogP contribution in [0.3, 0.4) is 0 Å². The van der Waals surface area contributed by atoms with Crippen LogP contribution in [0.25, 0.3) is 0 Å². The molecule has 0 aromatic heterocycles. The van der Waals surface area contributed by atoms with Crippen LogP contribution in [0.2, 0.25) is 0 Å². The van der Waals surface area contributed by atoms with E-state index in [-0.39, 0.29) is 5.91 Å². The van der Waals surface area contributed by atoms with E-state index >= 15 is 0 Å². The Labute approximate surface area is 97.2 Å². The lowest BCUT2D eigenvalue weighted by Crippen LogP contribution is -2.39. The summed E-state index contributed by atoms with van der Waals surface area (Å²) >= 11 is 3.35. The molecule has 15 heavy (non-hydrogen) atoms. The molecule has 3 nitrogen and oxygen atoms in total. The Morgan fingerprint density at radius 3 is 3.00 bits per heavy atom. The molecule has 0 unspecified atom stereocenters. The summed E-state index contributed by atoms with van der Waals surface area (Å²) in [7, 11) is 0. The molecule has 1 heterocycles. The zero-order chi connectivity index (χ0) is 10.7. The van der Waals surface area contributed by atoms with Gasteiger partial charge in [-0.1, -0.05) is 28.1 Å². The molecular weight excluding hydrogens is 258 g/mol. The monoisotopic (exact) mass is 269 g/mol. The first-order valence-corrected chi connectivity index (χ1v) is 6.02. The van der Waals surface area contributed by atoms with Gasteiger partial charge in [-0.05, 0) is 18.6 Å². The number of amides is 1. The van der Waals surface area contributed by atoms with Gasteiger partial charge in [0, 0.05) is 11.9 Å². The minimum absolute atomic E-state index is 0.0674. The van der Waals surface area contributed by atoms with Crippen LogP contribution in [0, 0.1) is 0 Å². The van der Waals surface area contributed by atoms with E-state index in [0.717, 1.165) is 18.3 Å². The third kappa shape index (κ3) is 2.15. The number of rotatable bonds is 3. The Hall–Kier alpha value is -1.03. The molecule has 1 amide bonds. The van der Waals surface area contributed by atoms with Crippen molar-refractivity contribution in [3.63, 3.8) is 0 Å². The lowest BCUT2D eigenvalue weighted by molar-refractivity contribution is 0.0523. The third-order valence-electron chi connectivity index (χ3n) is 2.34. The SMILES string of the molecule is O=C1c2ccccc2OCN1CCCBr. The van der Waals surface area contributed by atoms with Crippen LogP contribution in [0.15, 0.2) is 24.3 Å². The number of benzene rings is 1. The number of para-hydroxylation sites is 1. The van der Waals surface area contributed by atoms with E-state index < -0.39 is 0 Å². The molecule has 1 aliphatic heterocycles. The van der Waals surface area contributed by atoms with Gasteiger partial charge in [0.05, 0.1) is 5.56 Å². The molecule has 0 aliphatic carbocycles. The fourth-order valence-corrected chi connectivity index (χ4v) is 1.81. The smallest absolute Gasteiger partial charge is 0.260 e. The molecule has 0 radical (unpaired) electrons. The molecule has 2 rings (SSSR count). The van der Waals surface area contributed by atoms with Crippen LogP contribution in [0.5, 0.6) is 5.75 Å². The number of fused-ring (bicyclic) bond motifs is 1. The van der Waals surface area contributed by atoms with Crippen molar-refractivity contribution in [2.75, 3.05) is 18.6 Å². The number of halogens is 1. The fraction of sp³-hybridized carbons (Fsp3) is 0.364. The second-order valence-corrected chi connectivity index (χ2v) is 4.17. The van der Waals surface area contributed by atoms with E-state index in [9.17, 15) is 4.79 Å². The van der Waals surface area contributed by atoms with Gasteiger partial charge in [-0.2, -0.15) is 0 Å². The summed E-state index contributed by atoms with van der Waals surface area (Å²) in [4.78, 5) is 13.7. The largest absolute Gasteiger partial charge is 0.472 e. The lowest BCUT2D eigenvalue weighted by Gasteiger charge is -2.28. The van der Waals surface area contributed by atoms with Crippen molar-refractivity contribution in [1.29, 1.82) is 0 Å². The summed E-state index contributed by atoms with van der Waals surface area (Å²) < 4.78 is 5.49. The summed E-state index contributed by atoms with van der Waals surface area (Å²) in [5.74, 6) is 0.760. The summed E-state index contributed by atoms with van der Waals surface area (Å²) in [6, 6.07) is 7.36. The number of alkyl halides is 1. The molecule has 80 valence electrons. The Morgan fingerprint density at radius 2 is 2.20 bits per heavy atom. The van der Waals surface area contributed by atoms with Crippen LogP contribution < -0.4 is 4.74 Å². The van der Waals surface area contributed by atoms with E-state index in [1.54, 1.807) is 11.0 Å². The first-order chi connectivity index (χ1) is 7.33. The van der Waals surface area contributed by atoms with Crippen molar-refractivity contribution in [3.8, 4) is 5.75 Å². The van der Waals surface area contributed by atoms with Gasteiger partial charge in [0.25, 0.3) is 5.91 Å². The Bertz CT molecular complexity index is 367. The summed E-state index contributed by atoms with van der Waals surface area (Å²) in [5, 5.41) is 0.901. The highest BCUT2D eigenvalue weighted by molar-refractivity contribution is 9.09. The number of nitrogens with zero attached hydrogens (tertiary/aromatic N) is 1. The summed E-state index contributed by atoms with van der Waals surface area (Å²) in [6.45, 7) is 1.10. The van der Waals surface area contributed by atoms with E-state index in [0.29, 0.717) is 18.0 Å². The van der Waals surface area contributed by atoms with Crippen molar-refractivity contribution in [3.05, 3.63) is 29.8 Å². The van der Waals surface area contributed by atoms with Gasteiger partial charge in [-0.25, -0.2) is 0 Å². The average molecular weight is 270 g/mol. The highest BCUT2D eigenvalue weighted by Gasteiger charge is 2.24. The molecule has 1 aromatic rings. The number of carbonyl (C=O) groups excluding carboxylic acids is 1. The lowest BCUT2D eigenvalue weighted by atomic mass is 10.1. The first-order valence-electron chi connectivity index (χ1n) is 4.90. The Balaban J connectivity index is 2.15. The van der Waals surface area contributed by atoms with Crippen LogP contribution in [0.4, 0.5) is 0 Å². The van der Waals surface area contributed by atoms with Crippen molar-refractivity contribution in [2.45, 2.75) is 6.42 Å². The van der Waals surface area contributed by atoms with E-state index in [1.807, 2.05) is 18.2 Å². The van der Waals surface area contributed by atoms with Gasteiger partial charge in [-0.15, -0.1) is 0 Å². The predicted octanol–water partition coefficient (Wildman–Crippen LogP) is 2.26. The molecule has 4 heteroatoms. The van der Waals surface area contributed by atoms with Gasteiger partial charge >= 0.3 is 0 Å². The number of hydrogen-bond donors (Lipinski definition) is 0. The van der Waals surface area contributed by atoms with Crippen molar-refractivity contribution < 1.29 is 9.53 Å². The molecule has 0 saturated carbocycles. The van der Waals surface area contributed by atoms with Crippen molar-refractivity contribution >= 4 is 21.8 Å². The molecule has 0 saturated heterocycles. The van der Waals surface area contributed by atoms with Crippen LogP contribution >= 0.6 is 15.9 Å². The molecule has 0 fully saturated rings. The van der Waals surface area contributed by atoms with Gasteiger partial charge < -0.3 is 9.64 Å². The van der Waals surface area contributed by atoms with Gasteiger partial charge in [-0.3, -0.25) is 4.79 Å².